The predicted octanol–water partition coefficient (Wildman–Crippen LogP) is 1.68. The molecule has 0 saturated heterocycles. The molecule has 15 heavy (non-hydrogen) atoms. The first kappa shape index (κ1) is 9.71. The Morgan fingerprint density at radius 2 is 2.07 bits per heavy atom. The maximum Gasteiger partial charge on any atom is 0.123 e. The van der Waals surface area contributed by atoms with Gasteiger partial charge in [0.2, 0.25) is 0 Å². The molecule has 78 valence electrons. The van der Waals surface area contributed by atoms with Crippen LogP contribution < -0.4 is 5.73 Å². The summed E-state index contributed by atoms with van der Waals surface area (Å²) in [6.45, 7) is 4.12. The van der Waals surface area contributed by atoms with Crippen LogP contribution in [0.2, 0.25) is 0 Å². The van der Waals surface area contributed by atoms with E-state index in [0.717, 1.165) is 11.3 Å². The number of aromatic nitrogens is 3. The van der Waals surface area contributed by atoms with Gasteiger partial charge in [0.25, 0.3) is 0 Å². The van der Waals surface area contributed by atoms with E-state index in [2.05, 4.69) is 23.9 Å². The van der Waals surface area contributed by atoms with Gasteiger partial charge in [0.15, 0.2) is 0 Å². The third-order valence-corrected chi connectivity index (χ3v) is 2.69. The fourth-order valence-electron chi connectivity index (χ4n) is 1.58. The SMILES string of the molecule is Cc1c(-c2ccnc(N)c2)nn(C)c1C. The Morgan fingerprint density at radius 1 is 1.33 bits per heavy atom. The monoisotopic (exact) mass is 202 g/mol. The Balaban J connectivity index is 2.59. The zero-order valence-electron chi connectivity index (χ0n) is 9.15. The highest BCUT2D eigenvalue weighted by molar-refractivity contribution is 5.65. The minimum Gasteiger partial charge on any atom is -0.384 e. The topological polar surface area (TPSA) is 56.7 Å². The molecule has 0 atom stereocenters. The summed E-state index contributed by atoms with van der Waals surface area (Å²) < 4.78 is 1.88. The molecule has 0 aliphatic carbocycles. The molecule has 2 N–H and O–H groups in total. The summed E-state index contributed by atoms with van der Waals surface area (Å²) in [6.07, 6.45) is 1.70. The van der Waals surface area contributed by atoms with E-state index in [1.807, 2.05) is 23.9 Å². The lowest BCUT2D eigenvalue weighted by Crippen LogP contribution is -1.93. The molecule has 0 saturated carbocycles. The van der Waals surface area contributed by atoms with Gasteiger partial charge in [-0.05, 0) is 31.5 Å². The van der Waals surface area contributed by atoms with Gasteiger partial charge in [-0.15, -0.1) is 0 Å². The van der Waals surface area contributed by atoms with Crippen molar-refractivity contribution in [2.45, 2.75) is 13.8 Å². The number of rotatable bonds is 1. The largest absolute Gasteiger partial charge is 0.384 e. The molecule has 2 aromatic heterocycles. The van der Waals surface area contributed by atoms with Crippen LogP contribution in [-0.2, 0) is 7.05 Å². The van der Waals surface area contributed by atoms with Gasteiger partial charge in [-0.2, -0.15) is 5.10 Å². The fourth-order valence-corrected chi connectivity index (χ4v) is 1.58. The molecular weight excluding hydrogens is 188 g/mol. The van der Waals surface area contributed by atoms with E-state index in [1.165, 1.54) is 11.3 Å². The average molecular weight is 202 g/mol. The van der Waals surface area contributed by atoms with E-state index < -0.39 is 0 Å². The first-order valence-electron chi connectivity index (χ1n) is 4.81. The molecule has 4 heteroatoms. The maximum absolute atomic E-state index is 5.65. The number of nitrogens with two attached hydrogens (primary N) is 1. The lowest BCUT2D eigenvalue weighted by atomic mass is 10.1. The number of anilines is 1. The van der Waals surface area contributed by atoms with Crippen molar-refractivity contribution in [3.63, 3.8) is 0 Å². The zero-order chi connectivity index (χ0) is 11.0. The van der Waals surface area contributed by atoms with Crippen molar-refractivity contribution in [3.8, 4) is 11.3 Å². The molecule has 2 rings (SSSR count). The van der Waals surface area contributed by atoms with Gasteiger partial charge in [0, 0.05) is 24.5 Å². The minimum atomic E-state index is 0.523. The Hall–Kier alpha value is -1.84. The highest BCUT2D eigenvalue weighted by Crippen LogP contribution is 2.24. The highest BCUT2D eigenvalue weighted by Gasteiger charge is 2.10. The standard InChI is InChI=1S/C11H14N4/c1-7-8(2)15(3)14-11(7)9-4-5-13-10(12)6-9/h4-6H,1-3H3,(H2,12,13). The Labute approximate surface area is 88.8 Å². The van der Waals surface area contributed by atoms with E-state index in [0.29, 0.717) is 5.82 Å². The lowest BCUT2D eigenvalue weighted by Gasteiger charge is -1.99. The van der Waals surface area contributed by atoms with E-state index in [1.54, 1.807) is 6.20 Å². The van der Waals surface area contributed by atoms with E-state index >= 15 is 0 Å². The molecule has 0 fully saturated rings. The molecule has 0 aliphatic heterocycles. The van der Waals surface area contributed by atoms with Crippen LogP contribution in [0.5, 0.6) is 0 Å². The summed E-state index contributed by atoms with van der Waals surface area (Å²) in [5, 5.41) is 4.45. The maximum atomic E-state index is 5.65. The van der Waals surface area contributed by atoms with Gasteiger partial charge in [-0.25, -0.2) is 4.98 Å². The van der Waals surface area contributed by atoms with E-state index in [4.69, 9.17) is 5.73 Å². The van der Waals surface area contributed by atoms with Crippen molar-refractivity contribution < 1.29 is 0 Å². The van der Waals surface area contributed by atoms with Crippen LogP contribution in [0.3, 0.4) is 0 Å². The summed E-state index contributed by atoms with van der Waals surface area (Å²) in [4.78, 5) is 3.97. The quantitative estimate of drug-likeness (QED) is 0.765. The van der Waals surface area contributed by atoms with Crippen LogP contribution in [0.25, 0.3) is 11.3 Å². The number of nitrogen functional groups attached to an aromatic ring is 1. The summed E-state index contributed by atoms with van der Waals surface area (Å²) in [6, 6.07) is 3.76. The molecule has 0 bridgehead atoms. The number of nitrogens with zero attached hydrogens (tertiary/aromatic N) is 3. The van der Waals surface area contributed by atoms with E-state index in [-0.39, 0.29) is 0 Å². The lowest BCUT2D eigenvalue weighted by molar-refractivity contribution is 0.741. The van der Waals surface area contributed by atoms with Crippen LogP contribution in [-0.4, -0.2) is 14.8 Å². The first-order valence-corrected chi connectivity index (χ1v) is 4.81. The minimum absolute atomic E-state index is 0.523. The Morgan fingerprint density at radius 3 is 2.60 bits per heavy atom. The van der Waals surface area contributed by atoms with Gasteiger partial charge in [0.1, 0.15) is 5.82 Å². The van der Waals surface area contributed by atoms with Gasteiger partial charge >= 0.3 is 0 Å². The molecule has 2 aromatic rings. The summed E-state index contributed by atoms with van der Waals surface area (Å²) in [5.74, 6) is 0.523. The Bertz CT molecular complexity index is 499. The zero-order valence-corrected chi connectivity index (χ0v) is 9.15. The molecule has 0 spiro atoms. The summed E-state index contributed by atoms with van der Waals surface area (Å²) >= 11 is 0. The van der Waals surface area contributed by atoms with Gasteiger partial charge < -0.3 is 5.73 Å². The molecule has 0 aromatic carbocycles. The number of hydrogen-bond acceptors (Lipinski definition) is 3. The number of aryl methyl sites for hydroxylation is 1. The number of pyridine rings is 1. The van der Waals surface area contributed by atoms with Crippen LogP contribution in [0, 0.1) is 13.8 Å². The molecule has 2 heterocycles. The van der Waals surface area contributed by atoms with Crippen LogP contribution in [0.1, 0.15) is 11.3 Å². The third-order valence-electron chi connectivity index (χ3n) is 2.69. The van der Waals surface area contributed by atoms with Gasteiger partial charge in [-0.1, -0.05) is 0 Å². The van der Waals surface area contributed by atoms with Crippen molar-refractivity contribution in [2.75, 3.05) is 5.73 Å². The fraction of sp³-hybridized carbons (Fsp3) is 0.273. The molecule has 0 amide bonds. The van der Waals surface area contributed by atoms with Crippen molar-refractivity contribution in [3.05, 3.63) is 29.6 Å². The normalized spacial score (nSPS) is 10.6. The average Bonchev–Trinajstić information content (AvgIpc) is 2.46. The molecular formula is C11H14N4. The summed E-state index contributed by atoms with van der Waals surface area (Å²) in [7, 11) is 1.94. The van der Waals surface area contributed by atoms with Crippen molar-refractivity contribution in [1.82, 2.24) is 14.8 Å². The van der Waals surface area contributed by atoms with Crippen molar-refractivity contribution in [2.24, 2.45) is 7.05 Å². The van der Waals surface area contributed by atoms with Crippen molar-refractivity contribution >= 4 is 5.82 Å². The summed E-state index contributed by atoms with van der Waals surface area (Å²) in [5.41, 5.74) is 9.99. The molecule has 0 aliphatic rings. The van der Waals surface area contributed by atoms with Crippen LogP contribution >= 0.6 is 0 Å². The van der Waals surface area contributed by atoms with Gasteiger partial charge in [-0.3, -0.25) is 4.68 Å². The predicted molar refractivity (Wildman–Crippen MR) is 60.3 cm³/mol. The Kier molecular flexibility index (Phi) is 2.19. The van der Waals surface area contributed by atoms with Gasteiger partial charge in [0.05, 0.1) is 5.69 Å². The van der Waals surface area contributed by atoms with Crippen LogP contribution in [0.15, 0.2) is 18.3 Å². The van der Waals surface area contributed by atoms with Crippen LogP contribution in [0.4, 0.5) is 5.82 Å². The highest BCUT2D eigenvalue weighted by atomic mass is 15.3. The van der Waals surface area contributed by atoms with E-state index in [9.17, 15) is 0 Å². The second-order valence-corrected chi connectivity index (χ2v) is 3.65. The third kappa shape index (κ3) is 1.58. The van der Waals surface area contributed by atoms with Crippen molar-refractivity contribution in [1.29, 1.82) is 0 Å². The molecule has 0 radical (unpaired) electrons. The second kappa shape index (κ2) is 3.38. The molecule has 4 nitrogen and oxygen atoms in total. The second-order valence-electron chi connectivity index (χ2n) is 3.65. The first-order chi connectivity index (χ1) is 7.09. The smallest absolute Gasteiger partial charge is 0.123 e. The molecule has 0 unspecified atom stereocenters. The number of hydrogen-bond donors (Lipinski definition) is 1.